The Balaban J connectivity index is 1.42. The van der Waals surface area contributed by atoms with E-state index in [1.165, 1.54) is 29.7 Å². The second-order valence-electron chi connectivity index (χ2n) is 7.32. The molecule has 0 saturated carbocycles. The maximum Gasteiger partial charge on any atom is 0.324 e. The Morgan fingerprint density at radius 1 is 1.35 bits per heavy atom. The zero-order valence-electron chi connectivity index (χ0n) is 16.6. The lowest BCUT2D eigenvalue weighted by atomic mass is 10.1. The number of aromatic nitrogens is 2. The molecule has 3 N–H and O–H groups in total. The van der Waals surface area contributed by atoms with Gasteiger partial charge in [0.05, 0.1) is 16.8 Å². The number of amides is 2. The molecular formula is C20H21F2N5O3S. The number of rotatable bonds is 4. The number of nitrogens with zero attached hydrogens (tertiary/aromatic N) is 4. The highest BCUT2D eigenvalue weighted by Gasteiger charge is 2.30. The summed E-state index contributed by atoms with van der Waals surface area (Å²) >= 11 is 1.26. The van der Waals surface area contributed by atoms with Gasteiger partial charge in [-0.05, 0) is 25.1 Å². The van der Waals surface area contributed by atoms with Gasteiger partial charge in [-0.1, -0.05) is 11.3 Å². The van der Waals surface area contributed by atoms with Crippen molar-refractivity contribution >= 4 is 38.5 Å². The highest BCUT2D eigenvalue weighted by molar-refractivity contribution is 7.22. The molecule has 0 aliphatic carbocycles. The normalized spacial score (nSPS) is 17.8. The molecule has 4 rings (SSSR count). The molecule has 1 unspecified atom stereocenters. The molecule has 8 nitrogen and oxygen atoms in total. The van der Waals surface area contributed by atoms with E-state index in [1.54, 1.807) is 15.9 Å². The first-order chi connectivity index (χ1) is 14.9. The molecule has 0 spiro atoms. The smallest absolute Gasteiger partial charge is 0.324 e. The summed E-state index contributed by atoms with van der Waals surface area (Å²) < 4.78 is 28.6. The van der Waals surface area contributed by atoms with E-state index in [9.17, 15) is 18.7 Å². The number of fused-ring (bicyclic) bond motifs is 1. The van der Waals surface area contributed by atoms with Crippen LogP contribution in [0.1, 0.15) is 18.6 Å². The van der Waals surface area contributed by atoms with Crippen LogP contribution in [0.3, 0.4) is 0 Å². The van der Waals surface area contributed by atoms with Crippen molar-refractivity contribution in [2.45, 2.75) is 19.1 Å². The van der Waals surface area contributed by atoms with Crippen LogP contribution in [0.2, 0.25) is 0 Å². The Morgan fingerprint density at radius 2 is 2.16 bits per heavy atom. The van der Waals surface area contributed by atoms with Crippen molar-refractivity contribution in [1.29, 1.82) is 0 Å². The van der Waals surface area contributed by atoms with E-state index in [2.05, 4.69) is 15.3 Å². The van der Waals surface area contributed by atoms with E-state index in [0.717, 1.165) is 10.8 Å². The van der Waals surface area contributed by atoms with E-state index in [1.807, 2.05) is 6.92 Å². The van der Waals surface area contributed by atoms with Crippen LogP contribution in [0.5, 0.6) is 0 Å². The number of benzene rings is 1. The van der Waals surface area contributed by atoms with Crippen molar-refractivity contribution < 1.29 is 23.8 Å². The molecule has 2 atom stereocenters. The van der Waals surface area contributed by atoms with Crippen molar-refractivity contribution in [3.63, 3.8) is 0 Å². The predicted octanol–water partition coefficient (Wildman–Crippen LogP) is 2.74. The SMILES string of the molecule is CC1CN(c2ncc([C@H](O)CO)cc2F)CCN1C(=O)Nc1nc2cc(F)ccc2s1. The number of aliphatic hydroxyl groups excluding tert-OH is 2. The minimum absolute atomic E-state index is 0.133. The molecule has 3 aromatic rings. The molecule has 1 fully saturated rings. The van der Waals surface area contributed by atoms with Gasteiger partial charge in [0, 0.05) is 43.5 Å². The molecule has 0 bridgehead atoms. The van der Waals surface area contributed by atoms with Crippen LogP contribution in [0.15, 0.2) is 30.5 Å². The third-order valence-electron chi connectivity index (χ3n) is 5.15. The largest absolute Gasteiger partial charge is 0.393 e. The summed E-state index contributed by atoms with van der Waals surface area (Å²) in [5, 5.41) is 21.8. The maximum atomic E-state index is 14.5. The number of hydrogen-bond donors (Lipinski definition) is 3. The number of thiazole rings is 1. The van der Waals surface area contributed by atoms with Crippen LogP contribution in [-0.4, -0.2) is 63.4 Å². The summed E-state index contributed by atoms with van der Waals surface area (Å²) in [5.74, 6) is -0.856. The van der Waals surface area contributed by atoms with E-state index in [4.69, 9.17) is 5.11 Å². The Bertz CT molecular complexity index is 1110. The first-order valence-corrected chi connectivity index (χ1v) is 10.5. The molecule has 0 radical (unpaired) electrons. The fraction of sp³-hybridized carbons (Fsp3) is 0.350. The topological polar surface area (TPSA) is 102 Å². The molecule has 1 saturated heterocycles. The first kappa shape index (κ1) is 21.3. The van der Waals surface area contributed by atoms with Crippen LogP contribution >= 0.6 is 11.3 Å². The van der Waals surface area contributed by atoms with Crippen LogP contribution in [-0.2, 0) is 0 Å². The van der Waals surface area contributed by atoms with Crippen molar-refractivity contribution in [3.8, 4) is 0 Å². The molecule has 1 aliphatic heterocycles. The second kappa shape index (κ2) is 8.69. The van der Waals surface area contributed by atoms with Gasteiger partial charge >= 0.3 is 6.03 Å². The van der Waals surface area contributed by atoms with Crippen LogP contribution in [0, 0.1) is 11.6 Å². The lowest BCUT2D eigenvalue weighted by Crippen LogP contribution is -2.55. The van der Waals surface area contributed by atoms with Crippen molar-refractivity contribution in [2.24, 2.45) is 0 Å². The monoisotopic (exact) mass is 449 g/mol. The zero-order chi connectivity index (χ0) is 22.1. The third kappa shape index (κ3) is 4.43. The van der Waals surface area contributed by atoms with Gasteiger partial charge in [0.15, 0.2) is 16.8 Å². The van der Waals surface area contributed by atoms with Gasteiger partial charge in [0.1, 0.15) is 11.9 Å². The van der Waals surface area contributed by atoms with E-state index >= 15 is 0 Å². The van der Waals surface area contributed by atoms with Crippen LogP contribution in [0.25, 0.3) is 10.2 Å². The van der Waals surface area contributed by atoms with E-state index < -0.39 is 18.5 Å². The quantitative estimate of drug-likeness (QED) is 0.566. The highest BCUT2D eigenvalue weighted by atomic mass is 32.1. The van der Waals surface area contributed by atoms with Gasteiger partial charge in [0.25, 0.3) is 0 Å². The number of nitrogens with one attached hydrogen (secondary N) is 1. The number of carbonyl (C=O) groups is 1. The Morgan fingerprint density at radius 3 is 2.87 bits per heavy atom. The number of carbonyl (C=O) groups excluding carboxylic acids is 1. The van der Waals surface area contributed by atoms with Gasteiger partial charge in [-0.15, -0.1) is 0 Å². The first-order valence-electron chi connectivity index (χ1n) is 9.68. The van der Waals surface area contributed by atoms with Gasteiger partial charge < -0.3 is 20.0 Å². The number of urea groups is 1. The molecule has 31 heavy (non-hydrogen) atoms. The molecule has 164 valence electrons. The molecular weight excluding hydrogens is 428 g/mol. The average Bonchev–Trinajstić information content (AvgIpc) is 3.14. The summed E-state index contributed by atoms with van der Waals surface area (Å²) in [4.78, 5) is 24.4. The van der Waals surface area contributed by atoms with E-state index in [-0.39, 0.29) is 29.3 Å². The summed E-state index contributed by atoms with van der Waals surface area (Å²) in [6.45, 7) is 2.41. The Hall–Kier alpha value is -2.89. The average molecular weight is 449 g/mol. The highest BCUT2D eigenvalue weighted by Crippen LogP contribution is 2.27. The number of anilines is 2. The van der Waals surface area contributed by atoms with Gasteiger partial charge in [-0.25, -0.2) is 23.5 Å². The summed E-state index contributed by atoms with van der Waals surface area (Å²) in [6, 6.07) is 4.87. The lowest BCUT2D eigenvalue weighted by molar-refractivity contribution is 0.0951. The number of halogens is 2. The predicted molar refractivity (Wildman–Crippen MR) is 113 cm³/mol. The van der Waals surface area contributed by atoms with E-state index in [0.29, 0.717) is 30.3 Å². The van der Waals surface area contributed by atoms with Gasteiger partial charge in [-0.2, -0.15) is 0 Å². The second-order valence-corrected chi connectivity index (χ2v) is 8.35. The summed E-state index contributed by atoms with van der Waals surface area (Å²) in [5.41, 5.74) is 0.681. The molecule has 2 amide bonds. The van der Waals surface area contributed by atoms with Crippen molar-refractivity contribution in [1.82, 2.24) is 14.9 Å². The molecule has 2 aromatic heterocycles. The number of hydrogen-bond acceptors (Lipinski definition) is 7. The molecule has 1 aromatic carbocycles. The van der Waals surface area contributed by atoms with Crippen LogP contribution < -0.4 is 10.2 Å². The fourth-order valence-electron chi connectivity index (χ4n) is 3.53. The zero-order valence-corrected chi connectivity index (χ0v) is 17.4. The number of pyridine rings is 1. The minimum atomic E-state index is -1.19. The number of piperazine rings is 1. The Kier molecular flexibility index (Phi) is 5.99. The summed E-state index contributed by atoms with van der Waals surface area (Å²) in [7, 11) is 0. The summed E-state index contributed by atoms with van der Waals surface area (Å²) in [6.07, 6.45) is 0.147. The third-order valence-corrected chi connectivity index (χ3v) is 6.10. The lowest BCUT2D eigenvalue weighted by Gasteiger charge is -2.40. The van der Waals surface area contributed by atoms with Crippen molar-refractivity contribution in [3.05, 3.63) is 47.7 Å². The minimum Gasteiger partial charge on any atom is -0.393 e. The fourth-order valence-corrected chi connectivity index (χ4v) is 4.37. The maximum absolute atomic E-state index is 14.5. The molecule has 11 heteroatoms. The Labute approximate surface area is 180 Å². The van der Waals surface area contributed by atoms with Gasteiger partial charge in [-0.3, -0.25) is 5.32 Å². The number of aliphatic hydroxyl groups is 2. The molecule has 1 aliphatic rings. The van der Waals surface area contributed by atoms with Crippen LogP contribution in [0.4, 0.5) is 24.5 Å². The molecule has 3 heterocycles. The standard InChI is InChI=1S/C20H21F2N5O3S/c1-11-9-26(18-14(22)6-12(8-23-18)16(29)10-28)4-5-27(11)20(30)25-19-24-15-7-13(21)2-3-17(15)31-19/h2-3,6-8,11,16,28-29H,4-5,9-10H2,1H3,(H,24,25,30)/t11?,16-/m1/s1. The van der Waals surface area contributed by atoms with Gasteiger partial charge in [0.2, 0.25) is 0 Å². The van der Waals surface area contributed by atoms with Crippen molar-refractivity contribution in [2.75, 3.05) is 36.5 Å².